The second kappa shape index (κ2) is 8.55. The fraction of sp³-hybridized carbons (Fsp3) is 0.727. The Bertz CT molecular complexity index is 275. The maximum absolute atomic E-state index is 11.5. The number of carbonyl (C=O) groups excluding carboxylic acids is 2. The Kier molecular flexibility index (Phi) is 7.75. The Morgan fingerprint density at radius 2 is 1.65 bits per heavy atom. The zero-order valence-corrected chi connectivity index (χ0v) is 10.4. The Hall–Kier alpha value is -1.59. The van der Waals surface area contributed by atoms with Crippen molar-refractivity contribution in [2.45, 2.75) is 33.1 Å². The summed E-state index contributed by atoms with van der Waals surface area (Å²) in [5, 5.41) is 10.9. The highest BCUT2D eigenvalue weighted by Gasteiger charge is 2.10. The summed E-state index contributed by atoms with van der Waals surface area (Å²) in [6.07, 6.45) is 0.0190. The van der Waals surface area contributed by atoms with Crippen molar-refractivity contribution in [1.82, 2.24) is 10.2 Å². The van der Waals surface area contributed by atoms with Gasteiger partial charge in [-0.3, -0.25) is 14.4 Å². The van der Waals surface area contributed by atoms with Crippen LogP contribution in [0, 0.1) is 0 Å². The van der Waals surface area contributed by atoms with Gasteiger partial charge in [0.1, 0.15) is 0 Å². The maximum atomic E-state index is 11.5. The SMILES string of the molecule is CCN(CC)C(=O)CCNC(=O)CCC(=O)O. The van der Waals surface area contributed by atoms with E-state index in [4.69, 9.17) is 5.11 Å². The van der Waals surface area contributed by atoms with Gasteiger partial charge in [0.15, 0.2) is 0 Å². The molecule has 0 heterocycles. The third-order valence-corrected chi connectivity index (χ3v) is 2.34. The fourth-order valence-corrected chi connectivity index (χ4v) is 1.35. The first-order valence-corrected chi connectivity index (χ1v) is 5.77. The smallest absolute Gasteiger partial charge is 0.303 e. The van der Waals surface area contributed by atoms with Gasteiger partial charge in [0.25, 0.3) is 0 Å². The molecule has 0 aromatic rings. The van der Waals surface area contributed by atoms with Crippen LogP contribution in [0.1, 0.15) is 33.1 Å². The zero-order valence-electron chi connectivity index (χ0n) is 10.4. The summed E-state index contributed by atoms with van der Waals surface area (Å²) in [6.45, 7) is 5.36. The molecule has 2 N–H and O–H groups in total. The minimum absolute atomic E-state index is 0.00599. The van der Waals surface area contributed by atoms with Gasteiger partial charge in [0, 0.05) is 32.5 Å². The third kappa shape index (κ3) is 7.32. The highest BCUT2D eigenvalue weighted by molar-refractivity contribution is 5.81. The molecule has 0 aromatic heterocycles. The molecule has 17 heavy (non-hydrogen) atoms. The van der Waals surface area contributed by atoms with Crippen LogP contribution in [0.5, 0.6) is 0 Å². The molecule has 0 aliphatic carbocycles. The van der Waals surface area contributed by atoms with Gasteiger partial charge in [0.05, 0.1) is 6.42 Å². The van der Waals surface area contributed by atoms with Gasteiger partial charge < -0.3 is 15.3 Å². The molecule has 0 atom stereocenters. The first kappa shape index (κ1) is 15.4. The molecule has 0 aliphatic heterocycles. The summed E-state index contributed by atoms with van der Waals surface area (Å²) < 4.78 is 0. The molecule has 0 spiro atoms. The first-order chi connectivity index (χ1) is 8.01. The van der Waals surface area contributed by atoms with E-state index in [-0.39, 0.29) is 37.6 Å². The quantitative estimate of drug-likeness (QED) is 0.639. The highest BCUT2D eigenvalue weighted by atomic mass is 16.4. The molecule has 0 bridgehead atoms. The lowest BCUT2D eigenvalue weighted by molar-refractivity contribution is -0.139. The van der Waals surface area contributed by atoms with Gasteiger partial charge in [-0.1, -0.05) is 0 Å². The number of nitrogens with zero attached hydrogens (tertiary/aromatic N) is 1. The van der Waals surface area contributed by atoms with E-state index in [9.17, 15) is 14.4 Å². The van der Waals surface area contributed by atoms with E-state index in [2.05, 4.69) is 5.32 Å². The number of nitrogens with one attached hydrogen (secondary N) is 1. The molecule has 2 amide bonds. The standard InChI is InChI=1S/C11H20N2O4/c1-3-13(4-2)10(15)7-8-12-9(14)5-6-11(16)17/h3-8H2,1-2H3,(H,12,14)(H,16,17). The minimum atomic E-state index is -1.00. The Labute approximate surface area is 101 Å². The molecule has 0 unspecified atom stereocenters. The average Bonchev–Trinajstić information content (AvgIpc) is 2.28. The van der Waals surface area contributed by atoms with Crippen molar-refractivity contribution in [1.29, 1.82) is 0 Å². The van der Waals surface area contributed by atoms with Crippen molar-refractivity contribution in [3.63, 3.8) is 0 Å². The monoisotopic (exact) mass is 244 g/mol. The molecule has 98 valence electrons. The van der Waals surface area contributed by atoms with Gasteiger partial charge in [-0.15, -0.1) is 0 Å². The van der Waals surface area contributed by atoms with E-state index in [1.807, 2.05) is 13.8 Å². The predicted molar refractivity (Wildman–Crippen MR) is 62.4 cm³/mol. The second-order valence-electron chi connectivity index (χ2n) is 3.56. The molecule has 6 nitrogen and oxygen atoms in total. The number of amides is 2. The van der Waals surface area contributed by atoms with Crippen molar-refractivity contribution in [3.05, 3.63) is 0 Å². The van der Waals surface area contributed by atoms with Gasteiger partial charge in [-0.25, -0.2) is 0 Å². The number of carboxylic acids is 1. The summed E-state index contributed by atoms with van der Waals surface area (Å²) in [7, 11) is 0. The molecule has 0 saturated heterocycles. The molecule has 0 aliphatic rings. The summed E-state index contributed by atoms with van der Waals surface area (Å²) in [5.41, 5.74) is 0. The van der Waals surface area contributed by atoms with Crippen molar-refractivity contribution in [3.8, 4) is 0 Å². The number of carbonyl (C=O) groups is 3. The van der Waals surface area contributed by atoms with Crippen LogP contribution in [0.25, 0.3) is 0 Å². The number of carboxylic acid groups (broad SMARTS) is 1. The molecule has 0 aromatic carbocycles. The molecule has 0 rings (SSSR count). The fourth-order valence-electron chi connectivity index (χ4n) is 1.35. The lowest BCUT2D eigenvalue weighted by Crippen LogP contribution is -2.34. The molecule has 0 fully saturated rings. The van der Waals surface area contributed by atoms with E-state index in [1.54, 1.807) is 4.90 Å². The van der Waals surface area contributed by atoms with Crippen molar-refractivity contribution in [2.75, 3.05) is 19.6 Å². The van der Waals surface area contributed by atoms with E-state index < -0.39 is 5.97 Å². The first-order valence-electron chi connectivity index (χ1n) is 5.77. The van der Waals surface area contributed by atoms with Crippen molar-refractivity contribution >= 4 is 17.8 Å². The average molecular weight is 244 g/mol. The normalized spacial score (nSPS) is 9.76. The van der Waals surface area contributed by atoms with E-state index in [0.29, 0.717) is 13.1 Å². The zero-order chi connectivity index (χ0) is 13.3. The number of aliphatic carboxylic acids is 1. The summed E-state index contributed by atoms with van der Waals surface area (Å²) in [4.78, 5) is 34.6. The third-order valence-electron chi connectivity index (χ3n) is 2.34. The predicted octanol–water partition coefficient (Wildman–Crippen LogP) is 0.226. The van der Waals surface area contributed by atoms with E-state index in [1.165, 1.54) is 0 Å². The highest BCUT2D eigenvalue weighted by Crippen LogP contribution is 1.93. The van der Waals surface area contributed by atoms with Crippen LogP contribution >= 0.6 is 0 Å². The summed E-state index contributed by atoms with van der Waals surface area (Å²) in [6, 6.07) is 0. The van der Waals surface area contributed by atoms with Gasteiger partial charge in [-0.05, 0) is 13.8 Å². The Balaban J connectivity index is 3.72. The molecular formula is C11H20N2O4. The summed E-state index contributed by atoms with van der Waals surface area (Å²) in [5.74, 6) is -1.34. The maximum Gasteiger partial charge on any atom is 0.303 e. The second-order valence-corrected chi connectivity index (χ2v) is 3.56. The number of hydrogen-bond acceptors (Lipinski definition) is 3. The van der Waals surface area contributed by atoms with Crippen molar-refractivity contribution in [2.24, 2.45) is 0 Å². The molecule has 0 radical (unpaired) electrons. The lowest BCUT2D eigenvalue weighted by Gasteiger charge is -2.18. The largest absolute Gasteiger partial charge is 0.481 e. The summed E-state index contributed by atoms with van der Waals surface area (Å²) >= 11 is 0. The van der Waals surface area contributed by atoms with Crippen LogP contribution in [0.4, 0.5) is 0 Å². The minimum Gasteiger partial charge on any atom is -0.481 e. The van der Waals surface area contributed by atoms with Crippen LogP contribution in [0.3, 0.4) is 0 Å². The van der Waals surface area contributed by atoms with Gasteiger partial charge in [0.2, 0.25) is 11.8 Å². The molecule has 6 heteroatoms. The molecular weight excluding hydrogens is 224 g/mol. The Morgan fingerprint density at radius 1 is 1.06 bits per heavy atom. The lowest BCUT2D eigenvalue weighted by atomic mass is 10.3. The molecule has 0 saturated carbocycles. The number of hydrogen-bond donors (Lipinski definition) is 2. The van der Waals surface area contributed by atoms with Gasteiger partial charge >= 0.3 is 5.97 Å². The van der Waals surface area contributed by atoms with E-state index in [0.717, 1.165) is 0 Å². The van der Waals surface area contributed by atoms with Crippen LogP contribution in [-0.2, 0) is 14.4 Å². The van der Waals surface area contributed by atoms with Crippen LogP contribution in [0.15, 0.2) is 0 Å². The van der Waals surface area contributed by atoms with Crippen LogP contribution in [0.2, 0.25) is 0 Å². The van der Waals surface area contributed by atoms with E-state index >= 15 is 0 Å². The van der Waals surface area contributed by atoms with Crippen LogP contribution < -0.4 is 5.32 Å². The Morgan fingerprint density at radius 3 is 2.12 bits per heavy atom. The van der Waals surface area contributed by atoms with Crippen molar-refractivity contribution < 1.29 is 19.5 Å². The topological polar surface area (TPSA) is 86.7 Å². The van der Waals surface area contributed by atoms with Crippen LogP contribution in [-0.4, -0.2) is 47.4 Å². The number of rotatable bonds is 8. The van der Waals surface area contributed by atoms with Gasteiger partial charge in [-0.2, -0.15) is 0 Å².